The Morgan fingerprint density at radius 1 is 1.28 bits per heavy atom. The fraction of sp³-hybridized carbons (Fsp3) is 0.500. The summed E-state index contributed by atoms with van der Waals surface area (Å²) in [6.45, 7) is 7.99. The molecule has 1 fully saturated rings. The van der Waals surface area contributed by atoms with E-state index in [1.807, 2.05) is 32.9 Å². The first-order valence-electron chi connectivity index (χ1n) is 9.80. The standard InChI is InChI=1S/C22H29FN4O2/c1-21(2,3)18(13-7-8-14(15(23)11-13)22(4)9-10-22)26-19(29)16-12-17(28)25-20(24-16)27(5)6/h7-8,11-12,18H,9-10H2,1-6H3,(H,26,29)(H,24,25,28). The molecule has 29 heavy (non-hydrogen) atoms. The van der Waals surface area contributed by atoms with Crippen LogP contribution < -0.4 is 15.8 Å². The minimum Gasteiger partial charge on any atom is -0.348 e. The smallest absolute Gasteiger partial charge is 0.270 e. The van der Waals surface area contributed by atoms with E-state index in [1.54, 1.807) is 19.0 Å². The lowest BCUT2D eigenvalue weighted by Crippen LogP contribution is -2.38. The lowest BCUT2D eigenvalue weighted by Gasteiger charge is -2.32. The van der Waals surface area contributed by atoms with Gasteiger partial charge in [0.05, 0.1) is 6.04 Å². The van der Waals surface area contributed by atoms with Gasteiger partial charge in [0, 0.05) is 20.2 Å². The number of nitrogens with zero attached hydrogens (tertiary/aromatic N) is 2. The zero-order chi connectivity index (χ0) is 21.6. The summed E-state index contributed by atoms with van der Waals surface area (Å²) in [6.07, 6.45) is 1.98. The number of H-pyrrole nitrogens is 1. The number of hydrogen-bond acceptors (Lipinski definition) is 4. The van der Waals surface area contributed by atoms with Gasteiger partial charge in [-0.15, -0.1) is 0 Å². The van der Waals surface area contributed by atoms with E-state index in [0.29, 0.717) is 11.5 Å². The van der Waals surface area contributed by atoms with Crippen LogP contribution in [0.4, 0.5) is 10.3 Å². The Morgan fingerprint density at radius 2 is 1.93 bits per heavy atom. The number of carbonyl (C=O) groups excluding carboxylic acids is 1. The van der Waals surface area contributed by atoms with Crippen LogP contribution in [0.5, 0.6) is 0 Å². The monoisotopic (exact) mass is 400 g/mol. The Morgan fingerprint density at radius 3 is 2.45 bits per heavy atom. The molecule has 6 nitrogen and oxygen atoms in total. The molecule has 2 aromatic rings. The van der Waals surface area contributed by atoms with Gasteiger partial charge in [0.15, 0.2) is 0 Å². The highest BCUT2D eigenvalue weighted by Gasteiger charge is 2.41. The average molecular weight is 400 g/mol. The molecule has 0 radical (unpaired) electrons. The minimum atomic E-state index is -0.474. The molecule has 1 aromatic heterocycles. The topological polar surface area (TPSA) is 78.1 Å². The van der Waals surface area contributed by atoms with Gasteiger partial charge in [-0.3, -0.25) is 14.6 Å². The number of carbonyl (C=O) groups is 1. The highest BCUT2D eigenvalue weighted by atomic mass is 19.1. The third kappa shape index (κ3) is 4.49. The van der Waals surface area contributed by atoms with Crippen molar-refractivity contribution in [1.82, 2.24) is 15.3 Å². The van der Waals surface area contributed by atoms with E-state index in [0.717, 1.165) is 18.4 Å². The highest BCUT2D eigenvalue weighted by Crippen LogP contribution is 2.49. The molecule has 1 aliphatic rings. The zero-order valence-corrected chi connectivity index (χ0v) is 17.9. The molecule has 1 atom stereocenters. The third-order valence-corrected chi connectivity index (χ3v) is 5.50. The molecule has 0 bridgehead atoms. The van der Waals surface area contributed by atoms with Crippen molar-refractivity contribution in [3.8, 4) is 0 Å². The van der Waals surface area contributed by atoms with Crippen LogP contribution in [0.15, 0.2) is 29.1 Å². The summed E-state index contributed by atoms with van der Waals surface area (Å²) >= 11 is 0. The van der Waals surface area contributed by atoms with Crippen molar-refractivity contribution in [1.29, 1.82) is 0 Å². The fourth-order valence-corrected chi connectivity index (χ4v) is 3.44. The first-order valence-corrected chi connectivity index (χ1v) is 9.80. The van der Waals surface area contributed by atoms with Gasteiger partial charge in [0.25, 0.3) is 11.5 Å². The van der Waals surface area contributed by atoms with Crippen LogP contribution in [-0.2, 0) is 5.41 Å². The normalized spacial score (nSPS) is 16.2. The van der Waals surface area contributed by atoms with Crippen LogP contribution in [0.1, 0.15) is 68.2 Å². The number of rotatable bonds is 5. The summed E-state index contributed by atoms with van der Waals surface area (Å²) in [6, 6.07) is 5.95. The SMILES string of the molecule is CN(C)c1nc(C(=O)NC(c2ccc(C3(C)CC3)c(F)c2)C(C)(C)C)cc(=O)[nH]1. The number of halogens is 1. The summed E-state index contributed by atoms with van der Waals surface area (Å²) in [5, 5.41) is 2.94. The molecule has 2 N–H and O–H groups in total. The summed E-state index contributed by atoms with van der Waals surface area (Å²) < 4.78 is 14.8. The minimum absolute atomic E-state index is 0.0225. The van der Waals surface area contributed by atoms with Gasteiger partial charge in [-0.2, -0.15) is 0 Å². The predicted molar refractivity (Wildman–Crippen MR) is 112 cm³/mol. The number of aromatic nitrogens is 2. The Labute approximate surface area is 170 Å². The predicted octanol–water partition coefficient (Wildman–Crippen LogP) is 3.54. The van der Waals surface area contributed by atoms with Crippen molar-refractivity contribution < 1.29 is 9.18 Å². The van der Waals surface area contributed by atoms with Gasteiger partial charge in [-0.05, 0) is 40.9 Å². The molecule has 1 amide bonds. The van der Waals surface area contributed by atoms with E-state index in [4.69, 9.17) is 0 Å². The summed E-state index contributed by atoms with van der Waals surface area (Å²) in [7, 11) is 3.45. The molecule has 1 heterocycles. The molecule has 3 rings (SSSR count). The quantitative estimate of drug-likeness (QED) is 0.805. The first kappa shape index (κ1) is 21.0. The second-order valence-corrected chi connectivity index (χ2v) is 9.42. The first-order chi connectivity index (χ1) is 13.4. The van der Waals surface area contributed by atoms with Crippen molar-refractivity contribution in [3.63, 3.8) is 0 Å². The Hall–Kier alpha value is -2.70. The van der Waals surface area contributed by atoms with Crippen LogP contribution in [0.2, 0.25) is 0 Å². The molecule has 1 unspecified atom stereocenters. The molecule has 7 heteroatoms. The van der Waals surface area contributed by atoms with Gasteiger partial charge >= 0.3 is 0 Å². The number of aromatic amines is 1. The lowest BCUT2D eigenvalue weighted by atomic mass is 9.81. The third-order valence-electron chi connectivity index (χ3n) is 5.50. The van der Waals surface area contributed by atoms with Gasteiger partial charge in [0.2, 0.25) is 5.95 Å². The number of amides is 1. The number of benzene rings is 1. The molecular formula is C22H29FN4O2. The maximum absolute atomic E-state index is 14.8. The van der Waals surface area contributed by atoms with Crippen molar-refractivity contribution in [2.75, 3.05) is 19.0 Å². The molecule has 1 aromatic carbocycles. The molecule has 0 aliphatic heterocycles. The van der Waals surface area contributed by atoms with Crippen LogP contribution in [-0.4, -0.2) is 30.0 Å². The van der Waals surface area contributed by atoms with Crippen molar-refractivity contribution in [3.05, 3.63) is 57.3 Å². The van der Waals surface area contributed by atoms with E-state index in [9.17, 15) is 14.0 Å². The van der Waals surface area contributed by atoms with Crippen molar-refractivity contribution in [2.45, 2.75) is 52.0 Å². The Kier molecular flexibility index (Phi) is 5.28. The van der Waals surface area contributed by atoms with Crippen LogP contribution in [0, 0.1) is 11.2 Å². The fourth-order valence-electron chi connectivity index (χ4n) is 3.44. The van der Waals surface area contributed by atoms with Gasteiger partial charge in [0.1, 0.15) is 11.5 Å². The Bertz CT molecular complexity index is 987. The van der Waals surface area contributed by atoms with Crippen molar-refractivity contribution >= 4 is 11.9 Å². The molecule has 156 valence electrons. The Balaban J connectivity index is 1.92. The van der Waals surface area contributed by atoms with Crippen LogP contribution >= 0.6 is 0 Å². The largest absolute Gasteiger partial charge is 0.348 e. The number of nitrogens with one attached hydrogen (secondary N) is 2. The second kappa shape index (κ2) is 7.28. The highest BCUT2D eigenvalue weighted by molar-refractivity contribution is 5.92. The van der Waals surface area contributed by atoms with Crippen molar-refractivity contribution in [2.24, 2.45) is 5.41 Å². The summed E-state index contributed by atoms with van der Waals surface area (Å²) in [4.78, 5) is 33.2. The average Bonchev–Trinajstić information content (AvgIpc) is 3.36. The maximum Gasteiger partial charge on any atom is 0.270 e. The second-order valence-electron chi connectivity index (χ2n) is 9.42. The van der Waals surface area contributed by atoms with E-state index >= 15 is 0 Å². The lowest BCUT2D eigenvalue weighted by molar-refractivity contribution is 0.0896. The van der Waals surface area contributed by atoms with E-state index in [2.05, 4.69) is 22.2 Å². The van der Waals surface area contributed by atoms with E-state index in [1.165, 1.54) is 12.1 Å². The number of anilines is 1. The molecular weight excluding hydrogens is 371 g/mol. The van der Waals surface area contributed by atoms with Gasteiger partial charge < -0.3 is 10.2 Å². The zero-order valence-electron chi connectivity index (χ0n) is 17.9. The van der Waals surface area contributed by atoms with Crippen LogP contribution in [0.3, 0.4) is 0 Å². The summed E-state index contributed by atoms with van der Waals surface area (Å²) in [5.74, 6) is -0.420. The molecule has 1 saturated carbocycles. The molecule has 0 saturated heterocycles. The summed E-state index contributed by atoms with van der Waals surface area (Å²) in [5.41, 5.74) is 0.587. The molecule has 0 spiro atoms. The van der Waals surface area contributed by atoms with Crippen LogP contribution in [0.25, 0.3) is 0 Å². The van der Waals surface area contributed by atoms with E-state index in [-0.39, 0.29) is 22.3 Å². The van der Waals surface area contributed by atoms with Gasteiger partial charge in [-0.1, -0.05) is 39.8 Å². The van der Waals surface area contributed by atoms with Gasteiger partial charge in [-0.25, -0.2) is 9.37 Å². The van der Waals surface area contributed by atoms with E-state index < -0.39 is 17.5 Å². The molecule has 1 aliphatic carbocycles. The maximum atomic E-state index is 14.8. The number of hydrogen-bond donors (Lipinski definition) is 2.